The Hall–Kier alpha value is -2.04. The summed E-state index contributed by atoms with van der Waals surface area (Å²) < 4.78 is 16.2. The number of rotatable bonds is 6. The first-order valence-corrected chi connectivity index (χ1v) is 8.84. The van der Waals surface area contributed by atoms with Crippen LogP contribution in [0.5, 0.6) is 5.75 Å². The van der Waals surface area contributed by atoms with Gasteiger partial charge in [-0.1, -0.05) is 32.0 Å². The van der Waals surface area contributed by atoms with E-state index >= 15 is 0 Å². The fraction of sp³-hybridized carbons (Fsp3) is 0.600. The van der Waals surface area contributed by atoms with E-state index in [1.165, 1.54) is 7.11 Å². The smallest absolute Gasteiger partial charge is 0.310 e. The number of hydrogen-bond acceptors (Lipinski definition) is 5. The molecule has 5 heteroatoms. The number of carbonyl (C=O) groups is 2. The molecule has 0 saturated heterocycles. The second-order valence-electron chi connectivity index (χ2n) is 7.17. The van der Waals surface area contributed by atoms with Crippen molar-refractivity contribution in [2.75, 3.05) is 13.7 Å². The molecule has 0 spiro atoms. The third-order valence-electron chi connectivity index (χ3n) is 4.62. The molecule has 1 aromatic carbocycles. The number of fused-ring (bicyclic) bond motifs is 1. The molecule has 0 fully saturated rings. The van der Waals surface area contributed by atoms with Gasteiger partial charge in [0.15, 0.2) is 0 Å². The molecular weight excluding hydrogens is 320 g/mol. The Kier molecular flexibility index (Phi) is 6.45. The fourth-order valence-electron chi connectivity index (χ4n) is 3.56. The average Bonchev–Trinajstić information content (AvgIpc) is 2.55. The molecule has 3 unspecified atom stereocenters. The van der Waals surface area contributed by atoms with E-state index in [4.69, 9.17) is 14.2 Å². The number of para-hydroxylation sites is 1. The summed E-state index contributed by atoms with van der Waals surface area (Å²) in [7, 11) is 1.38. The van der Waals surface area contributed by atoms with Crippen molar-refractivity contribution in [3.05, 3.63) is 29.8 Å². The van der Waals surface area contributed by atoms with Crippen molar-refractivity contribution in [2.24, 2.45) is 17.8 Å². The fourth-order valence-corrected chi connectivity index (χ4v) is 3.56. The zero-order valence-corrected chi connectivity index (χ0v) is 15.7. The Balaban J connectivity index is 2.43. The largest absolute Gasteiger partial charge is 0.493 e. The van der Waals surface area contributed by atoms with Gasteiger partial charge < -0.3 is 14.2 Å². The Morgan fingerprint density at radius 1 is 1.20 bits per heavy atom. The summed E-state index contributed by atoms with van der Waals surface area (Å²) in [5.74, 6) is -0.287. The van der Waals surface area contributed by atoms with Gasteiger partial charge in [0, 0.05) is 11.8 Å². The molecule has 1 aliphatic rings. The van der Waals surface area contributed by atoms with E-state index in [1.54, 1.807) is 0 Å². The average molecular weight is 348 g/mol. The third kappa shape index (κ3) is 4.53. The summed E-state index contributed by atoms with van der Waals surface area (Å²) in [5.41, 5.74) is 0.960. The number of carbonyl (C=O) groups excluding carboxylic acids is 2. The lowest BCUT2D eigenvalue weighted by atomic mass is 9.70. The van der Waals surface area contributed by atoms with E-state index in [0.29, 0.717) is 6.61 Å². The first-order valence-electron chi connectivity index (χ1n) is 8.84. The van der Waals surface area contributed by atoms with Gasteiger partial charge in [-0.25, -0.2) is 0 Å². The molecule has 0 bridgehead atoms. The predicted octanol–water partition coefficient (Wildman–Crippen LogP) is 3.57. The third-order valence-corrected chi connectivity index (χ3v) is 4.62. The Bertz CT molecular complexity index is 608. The SMILES string of the molecule is COC(=O)CC1COc2ccccc2C1C(C(=O)OC(C)C)C(C)C. The van der Waals surface area contributed by atoms with Gasteiger partial charge >= 0.3 is 11.9 Å². The minimum Gasteiger partial charge on any atom is -0.493 e. The van der Waals surface area contributed by atoms with Crippen molar-refractivity contribution in [1.29, 1.82) is 0 Å². The first kappa shape index (κ1) is 19.3. The topological polar surface area (TPSA) is 61.8 Å². The minimum atomic E-state index is -0.345. The van der Waals surface area contributed by atoms with Crippen molar-refractivity contribution in [1.82, 2.24) is 0 Å². The second kappa shape index (κ2) is 8.37. The van der Waals surface area contributed by atoms with Crippen LogP contribution < -0.4 is 4.74 Å². The molecule has 1 heterocycles. The summed E-state index contributed by atoms with van der Waals surface area (Å²) >= 11 is 0. The highest BCUT2D eigenvalue weighted by Crippen LogP contribution is 2.45. The summed E-state index contributed by atoms with van der Waals surface area (Å²) in [4.78, 5) is 24.7. The number of ether oxygens (including phenoxy) is 3. The number of hydrogen-bond donors (Lipinski definition) is 0. The maximum Gasteiger partial charge on any atom is 0.310 e. The molecule has 2 rings (SSSR count). The highest BCUT2D eigenvalue weighted by atomic mass is 16.5. The second-order valence-corrected chi connectivity index (χ2v) is 7.17. The quantitative estimate of drug-likeness (QED) is 0.736. The van der Waals surface area contributed by atoms with Crippen molar-refractivity contribution in [3.63, 3.8) is 0 Å². The molecule has 1 aliphatic heterocycles. The number of methoxy groups -OCH3 is 1. The summed E-state index contributed by atoms with van der Waals surface area (Å²) in [6.07, 6.45) is 0.0381. The molecule has 3 atom stereocenters. The van der Waals surface area contributed by atoms with Gasteiger partial charge in [0.25, 0.3) is 0 Å². The van der Waals surface area contributed by atoms with E-state index < -0.39 is 0 Å². The molecule has 0 aliphatic carbocycles. The summed E-state index contributed by atoms with van der Waals surface area (Å²) in [6, 6.07) is 7.72. The lowest BCUT2D eigenvalue weighted by Crippen LogP contribution is -2.39. The molecule has 0 amide bonds. The van der Waals surface area contributed by atoms with Gasteiger partial charge in [0.05, 0.1) is 32.2 Å². The van der Waals surface area contributed by atoms with E-state index in [2.05, 4.69) is 0 Å². The van der Waals surface area contributed by atoms with Gasteiger partial charge in [0.1, 0.15) is 5.75 Å². The maximum atomic E-state index is 12.8. The zero-order chi connectivity index (χ0) is 18.6. The molecule has 0 radical (unpaired) electrons. The zero-order valence-electron chi connectivity index (χ0n) is 15.7. The predicted molar refractivity (Wildman–Crippen MR) is 94.4 cm³/mol. The maximum absolute atomic E-state index is 12.8. The molecule has 0 aromatic heterocycles. The van der Waals surface area contributed by atoms with E-state index in [-0.39, 0.29) is 48.1 Å². The van der Waals surface area contributed by atoms with Crippen LogP contribution in [0.15, 0.2) is 24.3 Å². The Labute approximate surface area is 149 Å². The molecule has 0 N–H and O–H groups in total. The van der Waals surface area contributed by atoms with Gasteiger partial charge in [0.2, 0.25) is 0 Å². The minimum absolute atomic E-state index is 0.0718. The van der Waals surface area contributed by atoms with Gasteiger partial charge in [-0.05, 0) is 31.4 Å². The highest BCUT2D eigenvalue weighted by Gasteiger charge is 2.43. The van der Waals surface area contributed by atoms with Gasteiger partial charge in [-0.3, -0.25) is 9.59 Å². The van der Waals surface area contributed by atoms with Gasteiger partial charge in [-0.2, -0.15) is 0 Å². The van der Waals surface area contributed by atoms with Crippen LogP contribution in [0.2, 0.25) is 0 Å². The van der Waals surface area contributed by atoms with Crippen LogP contribution in [0.25, 0.3) is 0 Å². The monoisotopic (exact) mass is 348 g/mol. The van der Waals surface area contributed by atoms with Crippen LogP contribution in [0.1, 0.15) is 45.6 Å². The lowest BCUT2D eigenvalue weighted by molar-refractivity contribution is -0.157. The highest BCUT2D eigenvalue weighted by molar-refractivity contribution is 5.75. The van der Waals surface area contributed by atoms with Crippen LogP contribution in [0.4, 0.5) is 0 Å². The van der Waals surface area contributed by atoms with Crippen LogP contribution in [-0.2, 0) is 19.1 Å². The summed E-state index contributed by atoms with van der Waals surface area (Å²) in [6.45, 7) is 8.10. The van der Waals surface area contributed by atoms with Gasteiger partial charge in [-0.15, -0.1) is 0 Å². The standard InChI is InChI=1S/C20H28O5/c1-12(2)18(20(22)25-13(3)4)19-14(10-17(21)23-5)11-24-16-9-7-6-8-15(16)19/h6-9,12-14,18-19H,10-11H2,1-5H3. The van der Waals surface area contributed by atoms with Crippen LogP contribution >= 0.6 is 0 Å². The first-order chi connectivity index (χ1) is 11.8. The lowest BCUT2D eigenvalue weighted by Gasteiger charge is -2.38. The molecule has 0 saturated carbocycles. The molecule has 138 valence electrons. The van der Waals surface area contributed by atoms with Crippen LogP contribution in [0, 0.1) is 17.8 Å². The van der Waals surface area contributed by atoms with Crippen molar-refractivity contribution < 1.29 is 23.8 Å². The molecule has 5 nitrogen and oxygen atoms in total. The number of esters is 2. The molecule has 1 aromatic rings. The van der Waals surface area contributed by atoms with E-state index in [9.17, 15) is 9.59 Å². The Morgan fingerprint density at radius 3 is 2.48 bits per heavy atom. The van der Waals surface area contributed by atoms with Crippen LogP contribution in [0.3, 0.4) is 0 Å². The number of benzene rings is 1. The van der Waals surface area contributed by atoms with Crippen molar-refractivity contribution >= 4 is 11.9 Å². The molecular formula is C20H28O5. The van der Waals surface area contributed by atoms with E-state index in [1.807, 2.05) is 52.0 Å². The van der Waals surface area contributed by atoms with Crippen molar-refractivity contribution in [2.45, 2.75) is 46.1 Å². The molecule has 25 heavy (non-hydrogen) atoms. The Morgan fingerprint density at radius 2 is 1.88 bits per heavy atom. The van der Waals surface area contributed by atoms with Crippen LogP contribution in [-0.4, -0.2) is 31.8 Å². The van der Waals surface area contributed by atoms with Crippen molar-refractivity contribution in [3.8, 4) is 5.75 Å². The summed E-state index contributed by atoms with van der Waals surface area (Å²) in [5, 5.41) is 0. The van der Waals surface area contributed by atoms with E-state index in [0.717, 1.165) is 11.3 Å². The normalized spacial score (nSPS) is 20.6.